The van der Waals surface area contributed by atoms with Crippen molar-refractivity contribution >= 4 is 22.2 Å². The Hall–Kier alpha value is -4.43. The Balaban J connectivity index is 1.55. The molecule has 0 fully saturated rings. The smallest absolute Gasteiger partial charge is 0.0767 e. The zero-order valence-corrected chi connectivity index (χ0v) is 19.8. The molecule has 2 nitrogen and oxygen atoms in total. The highest BCUT2D eigenvalue weighted by Crippen LogP contribution is 2.36. The van der Waals surface area contributed by atoms with Crippen molar-refractivity contribution in [2.24, 2.45) is 0 Å². The van der Waals surface area contributed by atoms with Gasteiger partial charge in [-0.2, -0.15) is 0 Å². The number of anilines is 1. The van der Waals surface area contributed by atoms with Crippen LogP contribution in [0.25, 0.3) is 21.9 Å². The summed E-state index contributed by atoms with van der Waals surface area (Å²) < 4.78 is 0. The Morgan fingerprint density at radius 1 is 0.657 bits per heavy atom. The molecule has 0 bridgehead atoms. The van der Waals surface area contributed by atoms with Gasteiger partial charge in [0, 0.05) is 11.1 Å². The number of nitrogens with one attached hydrogen (secondary N) is 2. The summed E-state index contributed by atoms with van der Waals surface area (Å²) in [5.74, 6) is 0. The average Bonchev–Trinajstić information content (AvgIpc) is 2.93. The van der Waals surface area contributed by atoms with E-state index in [0.717, 1.165) is 16.8 Å². The van der Waals surface area contributed by atoms with Gasteiger partial charge in [-0.3, -0.25) is 0 Å². The number of benzene rings is 5. The summed E-state index contributed by atoms with van der Waals surface area (Å²) in [6.07, 6.45) is 3.72. The summed E-state index contributed by atoms with van der Waals surface area (Å²) in [5.41, 5.74) is 7.34. The molecule has 0 aromatic heterocycles. The minimum atomic E-state index is 0.0450. The van der Waals surface area contributed by atoms with E-state index in [0.29, 0.717) is 5.71 Å². The lowest BCUT2D eigenvalue weighted by atomic mass is 9.94. The van der Waals surface area contributed by atoms with Gasteiger partial charge >= 0.3 is 0 Å². The fourth-order valence-corrected chi connectivity index (χ4v) is 4.57. The molecule has 2 heteroatoms. The van der Waals surface area contributed by atoms with Crippen LogP contribution in [-0.2, 0) is 0 Å². The van der Waals surface area contributed by atoms with E-state index >= 15 is 0 Å². The lowest BCUT2D eigenvalue weighted by molar-refractivity contribution is 0.942. The van der Waals surface area contributed by atoms with Crippen LogP contribution in [-0.4, -0.2) is 5.71 Å². The summed E-state index contributed by atoms with van der Waals surface area (Å²) in [6, 6.07) is 42.4. The molecule has 170 valence electrons. The maximum Gasteiger partial charge on any atom is 0.0767 e. The summed E-state index contributed by atoms with van der Waals surface area (Å²) in [6.45, 7) is 1.94. The van der Waals surface area contributed by atoms with Crippen molar-refractivity contribution in [3.8, 4) is 11.1 Å². The van der Waals surface area contributed by atoms with Crippen molar-refractivity contribution in [1.29, 1.82) is 5.41 Å². The predicted octanol–water partition coefficient (Wildman–Crippen LogP) is 8.65. The first-order chi connectivity index (χ1) is 17.2. The number of hydrogen-bond acceptors (Lipinski definition) is 2. The molecule has 5 aromatic rings. The molecule has 0 heterocycles. The molecule has 5 aromatic carbocycles. The van der Waals surface area contributed by atoms with Crippen LogP contribution in [0.15, 0.2) is 133 Å². The SMILES string of the molecule is C/C=C\C(=N)c1ccc(-c2ccc(NC(c3ccccc3)c3ccccc3)c3ccccc23)cc1. The van der Waals surface area contributed by atoms with Gasteiger partial charge in [-0.1, -0.05) is 121 Å². The summed E-state index contributed by atoms with van der Waals surface area (Å²) in [4.78, 5) is 0. The van der Waals surface area contributed by atoms with Crippen LogP contribution >= 0.6 is 0 Å². The third-order valence-corrected chi connectivity index (χ3v) is 6.33. The lowest BCUT2D eigenvalue weighted by Gasteiger charge is -2.23. The number of allylic oxidation sites excluding steroid dienone is 2. The van der Waals surface area contributed by atoms with Gasteiger partial charge in [0.25, 0.3) is 0 Å². The molecular weight excluding hydrogens is 424 g/mol. The molecule has 0 radical (unpaired) electrons. The molecule has 0 aliphatic heterocycles. The minimum Gasteiger partial charge on any atom is -0.374 e. The zero-order valence-electron chi connectivity index (χ0n) is 19.8. The molecule has 0 amide bonds. The van der Waals surface area contributed by atoms with Crippen LogP contribution in [0.5, 0.6) is 0 Å². The van der Waals surface area contributed by atoms with E-state index in [4.69, 9.17) is 5.41 Å². The van der Waals surface area contributed by atoms with Crippen molar-refractivity contribution < 1.29 is 0 Å². The van der Waals surface area contributed by atoms with E-state index < -0.39 is 0 Å². The van der Waals surface area contributed by atoms with Gasteiger partial charge < -0.3 is 10.7 Å². The molecule has 0 atom stereocenters. The van der Waals surface area contributed by atoms with Crippen molar-refractivity contribution in [3.63, 3.8) is 0 Å². The zero-order chi connectivity index (χ0) is 24.0. The van der Waals surface area contributed by atoms with Gasteiger partial charge in [0.2, 0.25) is 0 Å². The van der Waals surface area contributed by atoms with Crippen LogP contribution in [0.3, 0.4) is 0 Å². The van der Waals surface area contributed by atoms with Crippen LogP contribution < -0.4 is 5.32 Å². The van der Waals surface area contributed by atoms with Crippen LogP contribution in [0.1, 0.15) is 29.7 Å². The molecule has 0 saturated heterocycles. The van der Waals surface area contributed by atoms with Gasteiger partial charge in [0.05, 0.1) is 11.8 Å². The third kappa shape index (κ3) is 4.78. The first-order valence-electron chi connectivity index (χ1n) is 11.9. The van der Waals surface area contributed by atoms with Crippen LogP contribution in [0.2, 0.25) is 0 Å². The molecule has 2 N–H and O–H groups in total. The minimum absolute atomic E-state index is 0.0450. The molecule has 0 aliphatic carbocycles. The second-order valence-electron chi connectivity index (χ2n) is 8.60. The van der Waals surface area contributed by atoms with Crippen molar-refractivity contribution in [2.45, 2.75) is 13.0 Å². The predicted molar refractivity (Wildman–Crippen MR) is 149 cm³/mol. The van der Waals surface area contributed by atoms with E-state index in [9.17, 15) is 0 Å². The van der Waals surface area contributed by atoms with Gasteiger partial charge in [-0.05, 0) is 52.3 Å². The van der Waals surface area contributed by atoms with Gasteiger partial charge in [-0.25, -0.2) is 0 Å². The second-order valence-corrected chi connectivity index (χ2v) is 8.60. The second kappa shape index (κ2) is 10.2. The quantitative estimate of drug-likeness (QED) is 0.238. The molecule has 0 aliphatic rings. The van der Waals surface area contributed by atoms with E-state index in [1.807, 2.05) is 31.2 Å². The normalized spacial score (nSPS) is 11.3. The lowest BCUT2D eigenvalue weighted by Crippen LogP contribution is -2.12. The molecule has 0 spiro atoms. The summed E-state index contributed by atoms with van der Waals surface area (Å²) in [5, 5.41) is 14.4. The van der Waals surface area contributed by atoms with E-state index in [1.54, 1.807) is 0 Å². The Kier molecular flexibility index (Phi) is 6.54. The van der Waals surface area contributed by atoms with E-state index in [1.165, 1.54) is 27.5 Å². The maximum atomic E-state index is 8.18. The molecule has 0 saturated carbocycles. The van der Waals surface area contributed by atoms with E-state index in [2.05, 4.69) is 115 Å². The largest absolute Gasteiger partial charge is 0.374 e. The summed E-state index contributed by atoms with van der Waals surface area (Å²) >= 11 is 0. The highest BCUT2D eigenvalue weighted by atomic mass is 14.9. The molecule has 5 rings (SSSR count). The van der Waals surface area contributed by atoms with Crippen molar-refractivity contribution in [1.82, 2.24) is 0 Å². The van der Waals surface area contributed by atoms with Crippen LogP contribution in [0, 0.1) is 5.41 Å². The topological polar surface area (TPSA) is 35.9 Å². The van der Waals surface area contributed by atoms with E-state index in [-0.39, 0.29) is 6.04 Å². The molecule has 0 unspecified atom stereocenters. The van der Waals surface area contributed by atoms with Gasteiger partial charge in [0.15, 0.2) is 0 Å². The number of hydrogen-bond donors (Lipinski definition) is 2. The Morgan fingerprint density at radius 3 is 1.83 bits per heavy atom. The van der Waals surface area contributed by atoms with Crippen LogP contribution in [0.4, 0.5) is 5.69 Å². The first-order valence-corrected chi connectivity index (χ1v) is 11.9. The van der Waals surface area contributed by atoms with Crippen molar-refractivity contribution in [3.05, 3.63) is 150 Å². The highest BCUT2D eigenvalue weighted by molar-refractivity contribution is 6.07. The highest BCUT2D eigenvalue weighted by Gasteiger charge is 2.16. The standard InChI is InChI=1S/C33H28N2/c1-2-11-31(34)25-20-18-24(19-21-25)28-22-23-32(30-17-10-9-16-29(28)30)35-33(26-12-5-3-6-13-26)27-14-7-4-8-15-27/h2-23,33-35H,1H3/b11-2-,34-31?. The molecular formula is C33H28N2. The third-order valence-electron chi connectivity index (χ3n) is 6.33. The fourth-order valence-electron chi connectivity index (χ4n) is 4.57. The van der Waals surface area contributed by atoms with Gasteiger partial charge in [0.1, 0.15) is 0 Å². The average molecular weight is 453 g/mol. The Morgan fingerprint density at radius 2 is 1.23 bits per heavy atom. The maximum absolute atomic E-state index is 8.18. The van der Waals surface area contributed by atoms with Gasteiger partial charge in [-0.15, -0.1) is 0 Å². The fraction of sp³-hybridized carbons (Fsp3) is 0.0606. The summed E-state index contributed by atoms with van der Waals surface area (Å²) in [7, 11) is 0. The first kappa shape index (κ1) is 22.4. The number of rotatable bonds is 7. The number of fused-ring (bicyclic) bond motifs is 1. The molecule has 35 heavy (non-hydrogen) atoms. The Labute approximate surface area is 207 Å². The Bertz CT molecular complexity index is 1430. The van der Waals surface area contributed by atoms with Crippen molar-refractivity contribution in [2.75, 3.05) is 5.32 Å². The monoisotopic (exact) mass is 452 g/mol.